The summed E-state index contributed by atoms with van der Waals surface area (Å²) in [5.41, 5.74) is -6.92. The van der Waals surface area contributed by atoms with Crippen LogP contribution in [0.25, 0.3) is 0 Å². The third kappa shape index (κ3) is 17.7. The number of nitro groups is 2. The number of hydrogen-bond acceptors (Lipinski definition) is 13. The van der Waals surface area contributed by atoms with Crippen LogP contribution >= 0.6 is 23.4 Å². The molecule has 1 saturated carbocycles. The molecule has 0 N–H and O–H groups in total. The van der Waals surface area contributed by atoms with Gasteiger partial charge in [0.05, 0.1) is 49.1 Å². The van der Waals surface area contributed by atoms with Gasteiger partial charge >= 0.3 is 30.7 Å². The van der Waals surface area contributed by atoms with E-state index in [2.05, 4.69) is 0 Å². The molecule has 75 heavy (non-hydrogen) atoms. The Morgan fingerprint density at radius 2 is 1.05 bits per heavy atom. The number of rotatable bonds is 10. The monoisotopic (exact) mass is 1110 g/mol. The highest BCUT2D eigenvalue weighted by Gasteiger charge is 2.44. The number of likely N-dealkylation sites (tertiary alicyclic amines) is 2. The predicted molar refractivity (Wildman–Crippen MR) is 263 cm³/mol. The van der Waals surface area contributed by atoms with Crippen molar-refractivity contribution in [2.45, 2.75) is 185 Å². The van der Waals surface area contributed by atoms with Crippen LogP contribution in [0.4, 0.5) is 47.3 Å². The molecule has 2 heterocycles. The molecule has 5 rings (SSSR count). The highest BCUT2D eigenvalue weighted by molar-refractivity contribution is 8.00. The van der Waals surface area contributed by atoms with Gasteiger partial charge in [0.25, 0.3) is 23.2 Å². The van der Waals surface area contributed by atoms with E-state index in [4.69, 9.17) is 30.7 Å². The molecule has 2 aromatic carbocycles. The molecule has 0 radical (unpaired) electrons. The Bertz CT molecular complexity index is 2450. The standard InChI is InChI=1S/C27H38F3N3O5S.C21H27ClF3N3O5.CO2/c1-17(2)32(18-10-9-13-31(16-18)24(35)38-25(3,4)5)23(34)19-14-21(33(36)37)22(15-20(19)27(28,29)30)39-26(6)11-7-8-12-26;1-12(2)27(13-7-6-8-26(11-13)19(30)33-20(3,4)5)18(29)14-9-17(28(31)32)16(22)10-15(14)21(23,24)25;2-1-3/h14-15,17-18H,7-13,16H2,1-6H3;9-10,12-13H,6-8,11H2,1-5H3;/t18-;13-;/m11./s1. The summed E-state index contributed by atoms with van der Waals surface area (Å²) in [5, 5.41) is 22.5. The molecule has 1 aliphatic carbocycles. The van der Waals surface area contributed by atoms with Crippen molar-refractivity contribution in [2.24, 2.45) is 0 Å². The maximum atomic E-state index is 14.3. The Labute approximate surface area is 440 Å². The number of carbonyl (C=O) groups excluding carboxylic acids is 6. The highest BCUT2D eigenvalue weighted by Crippen LogP contribution is 2.49. The average molecular weight is 1110 g/mol. The SMILES string of the molecule is CC(C)N(C(=O)c1cc([N+](=O)[O-])c(Cl)cc1C(F)(F)F)[C@@H]1CCCN(C(=O)OC(C)(C)C)C1.CC(C)N(C(=O)c1cc([N+](=O)[O-])c(SC2(C)CCCC2)cc1C(F)(F)F)[C@@H]1CCCN(C(=O)OC(C)(C)C)C1.O=C=O. The Morgan fingerprint density at radius 1 is 0.693 bits per heavy atom. The lowest BCUT2D eigenvalue weighted by atomic mass is 9.99. The van der Waals surface area contributed by atoms with E-state index in [1.807, 2.05) is 6.92 Å². The molecule has 0 unspecified atom stereocenters. The second-order valence-electron chi connectivity index (χ2n) is 21.1. The second kappa shape index (κ2) is 25.4. The van der Waals surface area contributed by atoms with Crippen LogP contribution in [-0.2, 0) is 31.4 Å². The van der Waals surface area contributed by atoms with Crippen molar-refractivity contribution >= 4 is 64.9 Å². The van der Waals surface area contributed by atoms with E-state index in [1.165, 1.54) is 19.6 Å². The summed E-state index contributed by atoms with van der Waals surface area (Å²) in [7, 11) is 0. The molecular weight excluding hydrogens is 1050 g/mol. The number of piperidine rings is 2. The third-order valence-electron chi connectivity index (χ3n) is 12.1. The molecule has 2 aromatic rings. The smallest absolute Gasteiger partial charge is 0.417 e. The zero-order valence-electron chi connectivity index (χ0n) is 43.7. The molecule has 0 aromatic heterocycles. The van der Waals surface area contributed by atoms with Crippen LogP contribution in [0, 0.1) is 20.2 Å². The average Bonchev–Trinajstić information content (AvgIpc) is 3.70. The molecule has 2 saturated heterocycles. The maximum Gasteiger partial charge on any atom is 0.417 e. The van der Waals surface area contributed by atoms with Crippen molar-refractivity contribution in [1.82, 2.24) is 19.6 Å². The molecule has 3 fully saturated rings. The summed E-state index contributed by atoms with van der Waals surface area (Å²) in [6.45, 7) is 19.8. The van der Waals surface area contributed by atoms with Crippen molar-refractivity contribution in [2.75, 3.05) is 26.2 Å². The Kier molecular flexibility index (Phi) is 21.6. The molecular formula is C49H65ClF6N6O12S. The zero-order valence-corrected chi connectivity index (χ0v) is 45.3. The van der Waals surface area contributed by atoms with E-state index in [1.54, 1.807) is 69.2 Å². The molecule has 2 atom stereocenters. The minimum absolute atomic E-state index is 0.0653. The number of alkyl halides is 6. The van der Waals surface area contributed by atoms with E-state index in [-0.39, 0.29) is 24.1 Å². The van der Waals surface area contributed by atoms with Gasteiger partial charge in [-0.1, -0.05) is 31.4 Å². The number of ether oxygens (including phenoxy) is 2. The maximum absolute atomic E-state index is 14.3. The van der Waals surface area contributed by atoms with Gasteiger partial charge in [-0.25, -0.2) is 9.59 Å². The van der Waals surface area contributed by atoms with Gasteiger partial charge in [-0.3, -0.25) is 29.8 Å². The van der Waals surface area contributed by atoms with Gasteiger partial charge in [0, 0.05) is 55.1 Å². The normalized spacial score (nSPS) is 17.9. The van der Waals surface area contributed by atoms with E-state index in [0.29, 0.717) is 50.9 Å². The summed E-state index contributed by atoms with van der Waals surface area (Å²) >= 11 is 6.77. The second-order valence-corrected chi connectivity index (χ2v) is 23.2. The fraction of sp³-hybridized carbons (Fsp3) is 0.653. The highest BCUT2D eigenvalue weighted by atomic mass is 35.5. The van der Waals surface area contributed by atoms with Crippen molar-refractivity contribution < 1.29 is 74.4 Å². The quantitative estimate of drug-likeness (QED) is 0.123. The van der Waals surface area contributed by atoms with Gasteiger partial charge in [-0.2, -0.15) is 35.9 Å². The summed E-state index contributed by atoms with van der Waals surface area (Å²) in [6, 6.07) is 0.280. The van der Waals surface area contributed by atoms with Crippen LogP contribution in [0.1, 0.15) is 159 Å². The first-order valence-corrected chi connectivity index (χ1v) is 25.3. The number of hydrogen-bond donors (Lipinski definition) is 0. The lowest BCUT2D eigenvalue weighted by Gasteiger charge is -2.41. The van der Waals surface area contributed by atoms with Gasteiger partial charge in [-0.05, 0) is 120 Å². The summed E-state index contributed by atoms with van der Waals surface area (Å²) in [6.07, 6.45) is -5.49. The van der Waals surface area contributed by atoms with Crippen LogP contribution in [0.15, 0.2) is 29.2 Å². The molecule has 418 valence electrons. The van der Waals surface area contributed by atoms with E-state index in [9.17, 15) is 65.7 Å². The Morgan fingerprint density at radius 3 is 1.39 bits per heavy atom. The van der Waals surface area contributed by atoms with Gasteiger partial charge in [0.2, 0.25) is 0 Å². The Balaban J connectivity index is 0.000000380. The number of nitro benzene ring substituents is 2. The predicted octanol–water partition coefficient (Wildman–Crippen LogP) is 12.2. The van der Waals surface area contributed by atoms with Crippen LogP contribution in [0.3, 0.4) is 0 Å². The molecule has 0 bridgehead atoms. The van der Waals surface area contributed by atoms with Gasteiger partial charge in [-0.15, -0.1) is 11.8 Å². The number of thioether (sulfide) groups is 1. The van der Waals surface area contributed by atoms with Crippen molar-refractivity contribution in [3.05, 3.63) is 71.8 Å². The van der Waals surface area contributed by atoms with Gasteiger partial charge < -0.3 is 29.1 Å². The first kappa shape index (κ1) is 63.6. The molecule has 4 amide bonds. The van der Waals surface area contributed by atoms with Crippen molar-refractivity contribution in [1.29, 1.82) is 0 Å². The molecule has 3 aliphatic rings. The summed E-state index contributed by atoms with van der Waals surface area (Å²) < 4.78 is 94.5. The van der Waals surface area contributed by atoms with Crippen molar-refractivity contribution in [3.8, 4) is 0 Å². The molecule has 0 spiro atoms. The number of nitrogens with zero attached hydrogens (tertiary/aromatic N) is 6. The van der Waals surface area contributed by atoms with Crippen LogP contribution in [0.5, 0.6) is 0 Å². The number of amides is 4. The fourth-order valence-corrected chi connectivity index (χ4v) is 10.7. The van der Waals surface area contributed by atoms with E-state index in [0.717, 1.165) is 49.6 Å². The number of halogens is 7. The van der Waals surface area contributed by atoms with E-state index < -0.39 is 125 Å². The number of carbonyl (C=O) groups is 4. The van der Waals surface area contributed by atoms with Gasteiger partial charge in [0.15, 0.2) is 0 Å². The minimum atomic E-state index is -4.96. The summed E-state index contributed by atoms with van der Waals surface area (Å²) in [4.78, 5) is 95.5. The first-order valence-electron chi connectivity index (χ1n) is 24.1. The lowest BCUT2D eigenvalue weighted by molar-refractivity contribution is -0.387. The Hall–Kier alpha value is -5.68. The zero-order chi connectivity index (χ0) is 57.3. The van der Waals surface area contributed by atoms with Crippen LogP contribution in [0.2, 0.25) is 5.02 Å². The third-order valence-corrected chi connectivity index (χ3v) is 13.9. The van der Waals surface area contributed by atoms with Crippen molar-refractivity contribution in [3.63, 3.8) is 0 Å². The molecule has 26 heteroatoms. The number of benzene rings is 2. The van der Waals surface area contributed by atoms with E-state index >= 15 is 0 Å². The summed E-state index contributed by atoms with van der Waals surface area (Å²) in [5.74, 6) is -1.96. The molecule has 2 aliphatic heterocycles. The fourth-order valence-electron chi connectivity index (χ4n) is 9.08. The lowest BCUT2D eigenvalue weighted by Crippen LogP contribution is -2.54. The molecule has 18 nitrogen and oxygen atoms in total. The first-order chi connectivity index (χ1) is 34.4. The van der Waals surface area contributed by atoms with Gasteiger partial charge in [0.1, 0.15) is 16.2 Å². The topological polar surface area (TPSA) is 220 Å². The van der Waals surface area contributed by atoms with Crippen LogP contribution < -0.4 is 0 Å². The largest absolute Gasteiger partial charge is 0.444 e. The minimum Gasteiger partial charge on any atom is -0.444 e. The van der Waals surface area contributed by atoms with Crippen LogP contribution in [-0.4, -0.2) is 126 Å².